The molecule has 0 aromatic heterocycles. The first-order chi connectivity index (χ1) is 10.2. The Morgan fingerprint density at radius 1 is 1.27 bits per heavy atom. The maximum atomic E-state index is 11.9. The van der Waals surface area contributed by atoms with Gasteiger partial charge in [0.25, 0.3) is 0 Å². The van der Waals surface area contributed by atoms with E-state index in [9.17, 15) is 9.59 Å². The second-order valence-corrected chi connectivity index (χ2v) is 5.81. The number of carbonyl (C=O) groups excluding carboxylic acids is 1. The van der Waals surface area contributed by atoms with E-state index >= 15 is 0 Å². The number of carboxylic acids is 1. The number of nitriles is 1. The van der Waals surface area contributed by atoms with E-state index in [0.29, 0.717) is 12.0 Å². The highest BCUT2D eigenvalue weighted by Crippen LogP contribution is 2.14. The minimum absolute atomic E-state index is 0.0660. The number of esters is 1. The Hall–Kier alpha value is -2.61. The second kappa shape index (κ2) is 7.41. The van der Waals surface area contributed by atoms with Crippen LogP contribution in [-0.2, 0) is 20.7 Å². The highest BCUT2D eigenvalue weighted by molar-refractivity contribution is 5.98. The maximum absolute atomic E-state index is 11.9. The first-order valence-electron chi connectivity index (χ1n) is 6.87. The van der Waals surface area contributed by atoms with Crippen molar-refractivity contribution in [3.63, 3.8) is 0 Å². The van der Waals surface area contributed by atoms with Crippen LogP contribution in [0.4, 0.5) is 0 Å². The molecule has 5 nitrogen and oxygen atoms in total. The number of ether oxygens (including phenoxy) is 1. The van der Waals surface area contributed by atoms with Crippen LogP contribution in [0.5, 0.6) is 0 Å². The van der Waals surface area contributed by atoms with E-state index in [1.54, 1.807) is 45.0 Å². The molecule has 0 radical (unpaired) electrons. The van der Waals surface area contributed by atoms with E-state index in [1.807, 2.05) is 6.07 Å². The van der Waals surface area contributed by atoms with E-state index in [4.69, 9.17) is 15.1 Å². The van der Waals surface area contributed by atoms with Crippen molar-refractivity contribution in [2.24, 2.45) is 0 Å². The minimum Gasteiger partial charge on any atom is -0.481 e. The van der Waals surface area contributed by atoms with Gasteiger partial charge in [-0.25, -0.2) is 4.79 Å². The molecule has 0 fully saturated rings. The summed E-state index contributed by atoms with van der Waals surface area (Å²) in [4.78, 5) is 22.4. The van der Waals surface area contributed by atoms with Crippen LogP contribution in [0.15, 0.2) is 29.8 Å². The van der Waals surface area contributed by atoms with Gasteiger partial charge in [-0.3, -0.25) is 4.79 Å². The first-order valence-corrected chi connectivity index (χ1v) is 6.87. The molecule has 0 unspecified atom stereocenters. The Labute approximate surface area is 129 Å². The molecule has 0 atom stereocenters. The Kier molecular flexibility index (Phi) is 5.88. The summed E-state index contributed by atoms with van der Waals surface area (Å²) in [5.41, 5.74) is 0.832. The van der Waals surface area contributed by atoms with Gasteiger partial charge in [0.15, 0.2) is 0 Å². The molecule has 1 N–H and O–H groups in total. The molecule has 0 amide bonds. The maximum Gasteiger partial charge on any atom is 0.349 e. The lowest BCUT2D eigenvalue weighted by Crippen LogP contribution is -2.24. The van der Waals surface area contributed by atoms with Crippen molar-refractivity contribution >= 4 is 18.0 Å². The normalized spacial score (nSPS) is 11.6. The van der Waals surface area contributed by atoms with Crippen LogP contribution in [0, 0.1) is 11.3 Å². The average molecular weight is 301 g/mol. The fourth-order valence-corrected chi connectivity index (χ4v) is 1.67. The number of aryl methyl sites for hydroxylation is 1. The molecular formula is C17H19NO4. The monoisotopic (exact) mass is 301 g/mol. The van der Waals surface area contributed by atoms with Crippen LogP contribution in [0.3, 0.4) is 0 Å². The molecular weight excluding hydrogens is 282 g/mol. The summed E-state index contributed by atoms with van der Waals surface area (Å²) < 4.78 is 5.16. The van der Waals surface area contributed by atoms with Gasteiger partial charge in [0, 0.05) is 6.42 Å². The number of rotatable bonds is 5. The van der Waals surface area contributed by atoms with E-state index in [-0.39, 0.29) is 12.0 Å². The zero-order valence-electron chi connectivity index (χ0n) is 12.9. The van der Waals surface area contributed by atoms with Crippen molar-refractivity contribution in [1.29, 1.82) is 5.26 Å². The van der Waals surface area contributed by atoms with Gasteiger partial charge >= 0.3 is 11.9 Å². The molecule has 0 heterocycles. The zero-order valence-corrected chi connectivity index (χ0v) is 12.9. The average Bonchev–Trinajstić information content (AvgIpc) is 2.41. The Morgan fingerprint density at radius 2 is 1.86 bits per heavy atom. The van der Waals surface area contributed by atoms with Gasteiger partial charge in [-0.15, -0.1) is 0 Å². The van der Waals surface area contributed by atoms with E-state index in [1.165, 1.54) is 6.08 Å². The number of benzene rings is 1. The quantitative estimate of drug-likeness (QED) is 0.513. The van der Waals surface area contributed by atoms with Crippen LogP contribution in [-0.4, -0.2) is 22.6 Å². The second-order valence-electron chi connectivity index (χ2n) is 5.81. The predicted molar refractivity (Wildman–Crippen MR) is 81.8 cm³/mol. The molecule has 1 rings (SSSR count). The molecule has 1 aromatic carbocycles. The fraction of sp³-hybridized carbons (Fsp3) is 0.353. The van der Waals surface area contributed by atoms with Gasteiger partial charge in [0.2, 0.25) is 0 Å². The number of hydrogen-bond donors (Lipinski definition) is 1. The summed E-state index contributed by atoms with van der Waals surface area (Å²) >= 11 is 0. The third-order valence-corrected chi connectivity index (χ3v) is 2.66. The fourth-order valence-electron chi connectivity index (χ4n) is 1.67. The van der Waals surface area contributed by atoms with Crippen LogP contribution in [0.25, 0.3) is 6.08 Å². The van der Waals surface area contributed by atoms with E-state index in [0.717, 1.165) is 5.56 Å². The Morgan fingerprint density at radius 3 is 2.32 bits per heavy atom. The molecule has 0 saturated heterocycles. The van der Waals surface area contributed by atoms with Gasteiger partial charge in [-0.1, -0.05) is 24.3 Å². The van der Waals surface area contributed by atoms with Gasteiger partial charge in [-0.2, -0.15) is 5.26 Å². The van der Waals surface area contributed by atoms with Gasteiger partial charge in [0.1, 0.15) is 17.2 Å². The molecule has 0 aliphatic carbocycles. The molecule has 0 aliphatic rings. The molecule has 22 heavy (non-hydrogen) atoms. The number of nitrogens with zero attached hydrogens (tertiary/aromatic N) is 1. The highest BCUT2D eigenvalue weighted by Gasteiger charge is 2.19. The lowest BCUT2D eigenvalue weighted by Gasteiger charge is -2.18. The number of carboxylic acid groups (broad SMARTS) is 1. The number of aliphatic carboxylic acids is 1. The molecule has 0 saturated carbocycles. The van der Waals surface area contributed by atoms with E-state index in [2.05, 4.69) is 0 Å². The van der Waals surface area contributed by atoms with Gasteiger partial charge < -0.3 is 9.84 Å². The topological polar surface area (TPSA) is 87.4 Å². The van der Waals surface area contributed by atoms with Crippen molar-refractivity contribution < 1.29 is 19.4 Å². The van der Waals surface area contributed by atoms with Crippen molar-refractivity contribution in [1.82, 2.24) is 0 Å². The Balaban J connectivity index is 2.84. The molecule has 5 heteroatoms. The van der Waals surface area contributed by atoms with Crippen molar-refractivity contribution in [2.75, 3.05) is 0 Å². The first kappa shape index (κ1) is 17.4. The standard InChI is InChI=1S/C17H19NO4/c1-17(2,3)22-16(21)14(11-18)10-13-6-4-12(5-7-13)8-9-15(19)20/h4-7,10H,8-9H2,1-3H3,(H,19,20)/b14-10-. The SMILES string of the molecule is CC(C)(C)OC(=O)/C(C#N)=C\c1ccc(CCC(=O)O)cc1. The van der Waals surface area contributed by atoms with E-state index < -0.39 is 17.5 Å². The molecule has 0 aliphatic heterocycles. The summed E-state index contributed by atoms with van der Waals surface area (Å²) in [7, 11) is 0. The summed E-state index contributed by atoms with van der Waals surface area (Å²) in [6.07, 6.45) is 1.96. The summed E-state index contributed by atoms with van der Waals surface area (Å²) in [5.74, 6) is -1.51. The van der Waals surface area contributed by atoms with Crippen LogP contribution < -0.4 is 0 Å². The molecule has 1 aromatic rings. The molecule has 0 spiro atoms. The lowest BCUT2D eigenvalue weighted by atomic mass is 10.1. The lowest BCUT2D eigenvalue weighted by molar-refractivity contribution is -0.149. The van der Waals surface area contributed by atoms with Gasteiger partial charge in [-0.05, 0) is 44.4 Å². The van der Waals surface area contributed by atoms with Crippen LogP contribution in [0.1, 0.15) is 38.3 Å². The smallest absolute Gasteiger partial charge is 0.349 e. The van der Waals surface area contributed by atoms with Crippen LogP contribution in [0.2, 0.25) is 0 Å². The third kappa shape index (κ3) is 6.23. The predicted octanol–water partition coefficient (Wildman–Crippen LogP) is 2.95. The molecule has 116 valence electrons. The third-order valence-electron chi connectivity index (χ3n) is 2.66. The Bertz CT molecular complexity index is 616. The highest BCUT2D eigenvalue weighted by atomic mass is 16.6. The summed E-state index contributed by atoms with van der Waals surface area (Å²) in [5, 5.41) is 17.7. The van der Waals surface area contributed by atoms with Crippen molar-refractivity contribution in [2.45, 2.75) is 39.2 Å². The number of carbonyl (C=O) groups is 2. The molecule has 0 bridgehead atoms. The van der Waals surface area contributed by atoms with Gasteiger partial charge in [0.05, 0.1) is 0 Å². The zero-order chi connectivity index (χ0) is 16.8. The minimum atomic E-state index is -0.847. The largest absolute Gasteiger partial charge is 0.481 e. The number of hydrogen-bond acceptors (Lipinski definition) is 4. The van der Waals surface area contributed by atoms with Crippen molar-refractivity contribution in [3.8, 4) is 6.07 Å². The van der Waals surface area contributed by atoms with Crippen LogP contribution >= 0.6 is 0 Å². The summed E-state index contributed by atoms with van der Waals surface area (Å²) in [6.45, 7) is 5.20. The van der Waals surface area contributed by atoms with Crippen molar-refractivity contribution in [3.05, 3.63) is 41.0 Å². The summed E-state index contributed by atoms with van der Waals surface area (Å²) in [6, 6.07) is 8.86.